The molecule has 0 aromatic heterocycles. The summed E-state index contributed by atoms with van der Waals surface area (Å²) in [5, 5.41) is 0. The number of esters is 1. The van der Waals surface area contributed by atoms with E-state index in [0.29, 0.717) is 36.4 Å². The van der Waals surface area contributed by atoms with Crippen molar-refractivity contribution in [2.24, 2.45) is 28.6 Å². The second kappa shape index (κ2) is 8.30. The molecule has 5 heteroatoms. The van der Waals surface area contributed by atoms with Crippen LogP contribution in [0.1, 0.15) is 71.6 Å². The average molecular weight is 430 g/mol. The van der Waals surface area contributed by atoms with E-state index in [-0.39, 0.29) is 22.9 Å². The lowest BCUT2D eigenvalue weighted by atomic mass is 9.47. The molecule has 0 aromatic carbocycles. The second-order valence-electron chi connectivity index (χ2n) is 11.3. The lowest BCUT2D eigenvalue weighted by Gasteiger charge is -2.57. The molecule has 5 aliphatic rings. The minimum atomic E-state index is -0.0212. The smallest absolute Gasteiger partial charge is 0.307 e. The van der Waals surface area contributed by atoms with E-state index in [9.17, 15) is 9.59 Å². The number of fused-ring (bicyclic) bond motifs is 5. The number of carbonyl (C=O) groups is 2. The Balaban J connectivity index is 1.23. The molecule has 0 radical (unpaired) electrons. The van der Waals surface area contributed by atoms with Gasteiger partial charge in [-0.3, -0.25) is 14.5 Å². The zero-order valence-electron chi connectivity index (χ0n) is 19.4. The molecule has 0 amide bonds. The summed E-state index contributed by atoms with van der Waals surface area (Å²) >= 11 is 0. The Morgan fingerprint density at radius 2 is 1.90 bits per heavy atom. The van der Waals surface area contributed by atoms with Crippen LogP contribution in [0.5, 0.6) is 0 Å². The van der Waals surface area contributed by atoms with E-state index in [4.69, 9.17) is 9.47 Å². The Labute approximate surface area is 186 Å². The fraction of sp³-hybridized carbons (Fsp3) is 0.846. The molecule has 172 valence electrons. The van der Waals surface area contributed by atoms with Crippen LogP contribution in [0.25, 0.3) is 0 Å². The lowest BCUT2D eigenvalue weighted by Crippen LogP contribution is -2.51. The van der Waals surface area contributed by atoms with Gasteiger partial charge >= 0.3 is 5.97 Å². The number of hydrogen-bond donors (Lipinski definition) is 0. The fourth-order valence-corrected chi connectivity index (χ4v) is 8.00. The van der Waals surface area contributed by atoms with Crippen molar-refractivity contribution >= 4 is 11.8 Å². The summed E-state index contributed by atoms with van der Waals surface area (Å²) in [6.45, 7) is 8.99. The van der Waals surface area contributed by atoms with Crippen molar-refractivity contribution in [1.29, 1.82) is 0 Å². The van der Waals surface area contributed by atoms with Gasteiger partial charge in [-0.05, 0) is 74.2 Å². The van der Waals surface area contributed by atoms with Gasteiger partial charge in [0.1, 0.15) is 6.10 Å². The zero-order valence-corrected chi connectivity index (χ0v) is 19.4. The molecule has 0 N–H and O–H groups in total. The van der Waals surface area contributed by atoms with Crippen LogP contribution >= 0.6 is 0 Å². The quantitative estimate of drug-likeness (QED) is 0.629. The number of ketones is 1. The first-order valence-corrected chi connectivity index (χ1v) is 12.6. The number of rotatable bonds is 4. The van der Waals surface area contributed by atoms with E-state index in [0.717, 1.165) is 58.5 Å². The van der Waals surface area contributed by atoms with E-state index in [1.807, 2.05) is 6.08 Å². The van der Waals surface area contributed by atoms with Gasteiger partial charge < -0.3 is 9.47 Å². The van der Waals surface area contributed by atoms with Crippen LogP contribution in [0.2, 0.25) is 0 Å². The Kier molecular flexibility index (Phi) is 5.79. The fourth-order valence-electron chi connectivity index (χ4n) is 8.00. The molecular weight excluding hydrogens is 390 g/mol. The summed E-state index contributed by atoms with van der Waals surface area (Å²) in [6, 6.07) is 0. The summed E-state index contributed by atoms with van der Waals surface area (Å²) in [5.41, 5.74) is 1.76. The van der Waals surface area contributed by atoms with Gasteiger partial charge in [0.25, 0.3) is 0 Å². The third kappa shape index (κ3) is 3.80. The van der Waals surface area contributed by atoms with Gasteiger partial charge in [-0.2, -0.15) is 0 Å². The van der Waals surface area contributed by atoms with Crippen molar-refractivity contribution in [2.75, 3.05) is 32.8 Å². The maximum atomic E-state index is 12.7. The highest BCUT2D eigenvalue weighted by Crippen LogP contribution is 2.65. The molecule has 4 unspecified atom stereocenters. The molecule has 5 rings (SSSR count). The Morgan fingerprint density at radius 1 is 1.10 bits per heavy atom. The molecule has 4 aliphatic carbocycles. The molecule has 1 aliphatic heterocycles. The first-order valence-electron chi connectivity index (χ1n) is 12.6. The van der Waals surface area contributed by atoms with Gasteiger partial charge in [0.2, 0.25) is 0 Å². The van der Waals surface area contributed by atoms with Gasteiger partial charge in [-0.1, -0.05) is 19.4 Å². The number of allylic oxidation sites excluding steroid dienone is 1. The van der Waals surface area contributed by atoms with E-state index < -0.39 is 0 Å². The predicted octanol–water partition coefficient (Wildman–Crippen LogP) is 4.15. The van der Waals surface area contributed by atoms with Crippen molar-refractivity contribution < 1.29 is 19.1 Å². The number of ether oxygens (including phenoxy) is 2. The number of carbonyl (C=O) groups excluding carboxylic acids is 2. The van der Waals surface area contributed by atoms with E-state index >= 15 is 0 Å². The Morgan fingerprint density at radius 3 is 2.71 bits per heavy atom. The zero-order chi connectivity index (χ0) is 21.6. The average Bonchev–Trinajstić information content (AvgIpc) is 3.10. The third-order valence-corrected chi connectivity index (χ3v) is 9.88. The minimum absolute atomic E-state index is 0.0212. The standard InChI is InChI=1S/C26H39NO4/c1-25-10-7-19(28)17-18(25)3-4-20-21-5-6-23(26(21,2)11-8-22(20)25)31-24(29)9-12-27-13-15-30-16-14-27/h17,20-23H,3-16H2,1-2H3/t20?,21?,22?,23?,25-,26-/m0/s1. The van der Waals surface area contributed by atoms with Gasteiger partial charge in [-0.15, -0.1) is 0 Å². The molecule has 6 atom stereocenters. The summed E-state index contributed by atoms with van der Waals surface area (Å²) < 4.78 is 11.5. The molecule has 4 fully saturated rings. The van der Waals surface area contributed by atoms with Gasteiger partial charge in [-0.25, -0.2) is 0 Å². The van der Waals surface area contributed by atoms with Crippen LogP contribution in [0.15, 0.2) is 11.6 Å². The molecule has 3 saturated carbocycles. The molecule has 0 bridgehead atoms. The largest absolute Gasteiger partial charge is 0.462 e. The van der Waals surface area contributed by atoms with Crippen LogP contribution < -0.4 is 0 Å². The molecular formula is C26H39NO4. The van der Waals surface area contributed by atoms with Crippen molar-refractivity contribution in [3.63, 3.8) is 0 Å². The van der Waals surface area contributed by atoms with Gasteiger partial charge in [0, 0.05) is 31.5 Å². The summed E-state index contributed by atoms with van der Waals surface area (Å²) in [5.74, 6) is 2.36. The van der Waals surface area contributed by atoms with Gasteiger partial charge in [0.15, 0.2) is 5.78 Å². The molecule has 1 saturated heterocycles. The first-order chi connectivity index (χ1) is 14.9. The SMILES string of the molecule is C[C@]12CCC3C(CCC4=CC(=O)CC[C@@]43C)C1CCC2OC(=O)CCN1CCOCC1. The highest BCUT2D eigenvalue weighted by molar-refractivity contribution is 5.91. The highest BCUT2D eigenvalue weighted by Gasteiger charge is 2.59. The van der Waals surface area contributed by atoms with Crippen molar-refractivity contribution in [1.82, 2.24) is 4.90 Å². The van der Waals surface area contributed by atoms with E-state index in [1.165, 1.54) is 24.8 Å². The minimum Gasteiger partial charge on any atom is -0.462 e. The van der Waals surface area contributed by atoms with E-state index in [1.54, 1.807) is 0 Å². The van der Waals surface area contributed by atoms with Crippen LogP contribution in [0, 0.1) is 28.6 Å². The number of hydrogen-bond acceptors (Lipinski definition) is 5. The van der Waals surface area contributed by atoms with E-state index in [2.05, 4.69) is 18.7 Å². The summed E-state index contributed by atoms with van der Waals surface area (Å²) in [7, 11) is 0. The van der Waals surface area contributed by atoms with Crippen molar-refractivity contribution in [3.05, 3.63) is 11.6 Å². The first kappa shape index (κ1) is 21.6. The van der Waals surface area contributed by atoms with Crippen LogP contribution in [0.3, 0.4) is 0 Å². The topological polar surface area (TPSA) is 55.8 Å². The normalized spacial score (nSPS) is 42.9. The third-order valence-electron chi connectivity index (χ3n) is 9.88. The highest BCUT2D eigenvalue weighted by atomic mass is 16.5. The Hall–Kier alpha value is -1.20. The van der Waals surface area contributed by atoms with Crippen LogP contribution in [-0.4, -0.2) is 55.6 Å². The molecule has 1 heterocycles. The molecule has 0 spiro atoms. The second-order valence-corrected chi connectivity index (χ2v) is 11.3. The maximum Gasteiger partial charge on any atom is 0.307 e. The lowest BCUT2D eigenvalue weighted by molar-refractivity contribution is -0.160. The summed E-state index contributed by atoms with van der Waals surface area (Å²) in [4.78, 5) is 27.0. The number of morpholine rings is 1. The van der Waals surface area contributed by atoms with Crippen molar-refractivity contribution in [3.8, 4) is 0 Å². The number of nitrogens with zero attached hydrogens (tertiary/aromatic N) is 1. The molecule has 0 aromatic rings. The monoisotopic (exact) mass is 429 g/mol. The predicted molar refractivity (Wildman–Crippen MR) is 118 cm³/mol. The van der Waals surface area contributed by atoms with Crippen LogP contribution in [-0.2, 0) is 19.1 Å². The van der Waals surface area contributed by atoms with Crippen LogP contribution in [0.4, 0.5) is 0 Å². The van der Waals surface area contributed by atoms with Crippen molar-refractivity contribution in [2.45, 2.75) is 77.7 Å². The molecule has 31 heavy (non-hydrogen) atoms. The van der Waals surface area contributed by atoms with Gasteiger partial charge in [0.05, 0.1) is 19.6 Å². The molecule has 5 nitrogen and oxygen atoms in total. The Bertz CT molecular complexity index is 757. The summed E-state index contributed by atoms with van der Waals surface area (Å²) in [6.07, 6.45) is 11.2. The maximum absolute atomic E-state index is 12.7.